The Balaban J connectivity index is 2.14. The van der Waals surface area contributed by atoms with E-state index in [1.807, 2.05) is 44.2 Å². The third-order valence-corrected chi connectivity index (χ3v) is 3.98. The Morgan fingerprint density at radius 1 is 1.04 bits per heavy atom. The Kier molecular flexibility index (Phi) is 7.13. The van der Waals surface area contributed by atoms with Crippen LogP contribution in [0.3, 0.4) is 0 Å². The summed E-state index contributed by atoms with van der Waals surface area (Å²) in [6.07, 6.45) is 0.975. The molecule has 128 valence electrons. The standard InChI is InChI=1S/C20H24ClNO2/c1-15(2)24-18-10-8-17(9-11-18)19(12-13-22-20(23)14-21)16-6-4-3-5-7-16/h3-11,15,19H,12-14H2,1-2H3,(H,22,23)/t19-/m1/s1. The second-order valence-corrected chi connectivity index (χ2v) is 6.24. The smallest absolute Gasteiger partial charge is 0.234 e. The van der Waals surface area contributed by atoms with Crippen LogP contribution in [0.25, 0.3) is 0 Å². The lowest BCUT2D eigenvalue weighted by Crippen LogP contribution is -2.26. The Hall–Kier alpha value is -2.00. The van der Waals surface area contributed by atoms with E-state index in [0.29, 0.717) is 6.54 Å². The number of halogens is 1. The van der Waals surface area contributed by atoms with Crippen molar-refractivity contribution in [2.45, 2.75) is 32.3 Å². The van der Waals surface area contributed by atoms with Crippen LogP contribution in [0.4, 0.5) is 0 Å². The van der Waals surface area contributed by atoms with E-state index < -0.39 is 0 Å². The van der Waals surface area contributed by atoms with Crippen LogP contribution in [0, 0.1) is 0 Å². The molecule has 0 aliphatic rings. The summed E-state index contributed by atoms with van der Waals surface area (Å²) in [7, 11) is 0. The van der Waals surface area contributed by atoms with Crippen LogP contribution in [0.2, 0.25) is 0 Å². The van der Waals surface area contributed by atoms with Crippen LogP contribution in [0.15, 0.2) is 54.6 Å². The van der Waals surface area contributed by atoms with Gasteiger partial charge in [0.15, 0.2) is 0 Å². The first-order valence-electron chi connectivity index (χ1n) is 8.24. The number of benzene rings is 2. The molecule has 0 heterocycles. The summed E-state index contributed by atoms with van der Waals surface area (Å²) in [6, 6.07) is 18.5. The van der Waals surface area contributed by atoms with Crippen molar-refractivity contribution in [2.24, 2.45) is 0 Å². The lowest BCUT2D eigenvalue weighted by atomic mass is 9.88. The normalized spacial score (nSPS) is 12.0. The summed E-state index contributed by atoms with van der Waals surface area (Å²) in [4.78, 5) is 11.4. The highest BCUT2D eigenvalue weighted by molar-refractivity contribution is 6.27. The second kappa shape index (κ2) is 9.33. The average molecular weight is 346 g/mol. The molecule has 0 fully saturated rings. The number of nitrogens with one attached hydrogen (secondary N) is 1. The van der Waals surface area contributed by atoms with Gasteiger partial charge in [0, 0.05) is 12.5 Å². The van der Waals surface area contributed by atoms with E-state index in [0.717, 1.165) is 12.2 Å². The molecule has 0 spiro atoms. The molecule has 0 saturated carbocycles. The van der Waals surface area contributed by atoms with Gasteiger partial charge < -0.3 is 10.1 Å². The minimum Gasteiger partial charge on any atom is -0.491 e. The highest BCUT2D eigenvalue weighted by atomic mass is 35.5. The van der Waals surface area contributed by atoms with Crippen LogP contribution in [0.5, 0.6) is 5.75 Å². The first kappa shape index (κ1) is 18.3. The Labute approximate surface area is 149 Å². The SMILES string of the molecule is CC(C)Oc1ccc([C@H](CCNC(=O)CCl)c2ccccc2)cc1. The molecule has 4 heteroatoms. The van der Waals surface area contributed by atoms with E-state index in [9.17, 15) is 4.79 Å². The maximum absolute atomic E-state index is 11.4. The number of rotatable bonds is 8. The van der Waals surface area contributed by atoms with Crippen LogP contribution < -0.4 is 10.1 Å². The molecule has 1 atom stereocenters. The lowest BCUT2D eigenvalue weighted by molar-refractivity contribution is -0.118. The molecule has 1 amide bonds. The summed E-state index contributed by atoms with van der Waals surface area (Å²) in [5, 5.41) is 2.84. The van der Waals surface area contributed by atoms with Crippen LogP contribution in [-0.4, -0.2) is 24.4 Å². The van der Waals surface area contributed by atoms with Crippen molar-refractivity contribution in [2.75, 3.05) is 12.4 Å². The van der Waals surface area contributed by atoms with Gasteiger partial charge in [-0.2, -0.15) is 0 Å². The summed E-state index contributed by atoms with van der Waals surface area (Å²) in [5.74, 6) is 0.951. The van der Waals surface area contributed by atoms with Crippen molar-refractivity contribution < 1.29 is 9.53 Å². The van der Waals surface area contributed by atoms with E-state index in [-0.39, 0.29) is 23.8 Å². The maximum atomic E-state index is 11.4. The van der Waals surface area contributed by atoms with E-state index >= 15 is 0 Å². The Bertz CT molecular complexity index is 626. The zero-order valence-electron chi connectivity index (χ0n) is 14.2. The zero-order chi connectivity index (χ0) is 17.4. The molecule has 0 radical (unpaired) electrons. The Morgan fingerprint density at radius 2 is 1.67 bits per heavy atom. The molecule has 2 aromatic carbocycles. The molecule has 0 saturated heterocycles. The van der Waals surface area contributed by atoms with Gasteiger partial charge in [-0.3, -0.25) is 4.79 Å². The average Bonchev–Trinajstić information content (AvgIpc) is 2.60. The number of amides is 1. The first-order valence-corrected chi connectivity index (χ1v) is 8.78. The number of hydrogen-bond acceptors (Lipinski definition) is 2. The fourth-order valence-electron chi connectivity index (χ4n) is 2.67. The van der Waals surface area contributed by atoms with Crippen LogP contribution in [0.1, 0.15) is 37.3 Å². The number of ether oxygens (including phenoxy) is 1. The zero-order valence-corrected chi connectivity index (χ0v) is 14.9. The molecule has 2 rings (SSSR count). The number of hydrogen-bond donors (Lipinski definition) is 1. The molecular weight excluding hydrogens is 322 g/mol. The van der Waals surface area contributed by atoms with Gasteiger partial charge in [-0.05, 0) is 43.5 Å². The fraction of sp³-hybridized carbons (Fsp3) is 0.350. The van der Waals surface area contributed by atoms with Gasteiger partial charge in [0.25, 0.3) is 0 Å². The second-order valence-electron chi connectivity index (χ2n) is 5.97. The summed E-state index contributed by atoms with van der Waals surface area (Å²) in [5.41, 5.74) is 2.44. The van der Waals surface area contributed by atoms with E-state index in [4.69, 9.17) is 16.3 Å². The highest BCUT2D eigenvalue weighted by Crippen LogP contribution is 2.29. The molecule has 0 unspecified atom stereocenters. The minimum absolute atomic E-state index is 0.00274. The van der Waals surface area contributed by atoms with Crippen LogP contribution in [-0.2, 0) is 4.79 Å². The third kappa shape index (κ3) is 5.57. The maximum Gasteiger partial charge on any atom is 0.234 e. The van der Waals surface area contributed by atoms with Crippen molar-refractivity contribution in [1.29, 1.82) is 0 Å². The number of carbonyl (C=O) groups excluding carboxylic acids is 1. The molecule has 2 aromatic rings. The van der Waals surface area contributed by atoms with Crippen molar-refractivity contribution >= 4 is 17.5 Å². The number of alkyl halides is 1. The predicted octanol–water partition coefficient (Wildman–Crippen LogP) is 4.35. The molecule has 24 heavy (non-hydrogen) atoms. The number of carbonyl (C=O) groups is 1. The third-order valence-electron chi connectivity index (χ3n) is 3.73. The van der Waals surface area contributed by atoms with Gasteiger partial charge in [0.1, 0.15) is 11.6 Å². The summed E-state index contributed by atoms with van der Waals surface area (Å²) < 4.78 is 5.71. The van der Waals surface area contributed by atoms with Crippen molar-refractivity contribution in [3.8, 4) is 5.75 Å². The molecule has 1 N–H and O–H groups in total. The largest absolute Gasteiger partial charge is 0.491 e. The quantitative estimate of drug-likeness (QED) is 0.722. The monoisotopic (exact) mass is 345 g/mol. The fourth-order valence-corrected chi connectivity index (χ4v) is 2.76. The van der Waals surface area contributed by atoms with Crippen molar-refractivity contribution in [1.82, 2.24) is 5.32 Å². The minimum atomic E-state index is -0.135. The molecule has 0 aliphatic carbocycles. The predicted molar refractivity (Wildman–Crippen MR) is 98.8 cm³/mol. The van der Waals surface area contributed by atoms with Crippen molar-refractivity contribution in [3.05, 3.63) is 65.7 Å². The highest BCUT2D eigenvalue weighted by Gasteiger charge is 2.14. The Morgan fingerprint density at radius 3 is 2.25 bits per heavy atom. The first-order chi connectivity index (χ1) is 11.6. The van der Waals surface area contributed by atoms with Gasteiger partial charge in [0.2, 0.25) is 5.91 Å². The van der Waals surface area contributed by atoms with Gasteiger partial charge in [-0.15, -0.1) is 11.6 Å². The van der Waals surface area contributed by atoms with Gasteiger partial charge in [-0.1, -0.05) is 42.5 Å². The van der Waals surface area contributed by atoms with Gasteiger partial charge >= 0.3 is 0 Å². The van der Waals surface area contributed by atoms with Crippen LogP contribution >= 0.6 is 11.6 Å². The summed E-state index contributed by atoms with van der Waals surface area (Å²) >= 11 is 5.53. The summed E-state index contributed by atoms with van der Waals surface area (Å²) in [6.45, 7) is 4.62. The van der Waals surface area contributed by atoms with Crippen molar-refractivity contribution in [3.63, 3.8) is 0 Å². The molecule has 0 aromatic heterocycles. The lowest BCUT2D eigenvalue weighted by Gasteiger charge is -2.19. The molecule has 3 nitrogen and oxygen atoms in total. The molecule has 0 bridgehead atoms. The molecule has 0 aliphatic heterocycles. The van der Waals surface area contributed by atoms with Gasteiger partial charge in [0.05, 0.1) is 6.10 Å². The van der Waals surface area contributed by atoms with E-state index in [1.165, 1.54) is 11.1 Å². The van der Waals surface area contributed by atoms with E-state index in [1.54, 1.807) is 0 Å². The topological polar surface area (TPSA) is 38.3 Å². The molecular formula is C20H24ClNO2. The van der Waals surface area contributed by atoms with E-state index in [2.05, 4.69) is 29.6 Å². The van der Waals surface area contributed by atoms with Gasteiger partial charge in [-0.25, -0.2) is 0 Å².